The standard InChI is InChI=1S/C20H16.C2H4.BrH/c1-3-9-17(10-4-1)15-16-19-13-7-8-14-20(19)18-11-5-2-6-12-18;1-2;/h1-16H;1-2H2;1H. The average molecular weight is 365 g/mol. The second-order valence-electron chi connectivity index (χ2n) is 4.70. The molecule has 0 saturated heterocycles. The first kappa shape index (κ1) is 18.7. The van der Waals surface area contributed by atoms with Crippen LogP contribution in [0.15, 0.2) is 98.1 Å². The lowest BCUT2D eigenvalue weighted by Gasteiger charge is -2.06. The lowest BCUT2D eigenvalue weighted by atomic mass is 9.99. The number of benzene rings is 3. The number of rotatable bonds is 3. The van der Waals surface area contributed by atoms with Crippen molar-refractivity contribution in [1.29, 1.82) is 0 Å². The van der Waals surface area contributed by atoms with Gasteiger partial charge in [-0.25, -0.2) is 0 Å². The van der Waals surface area contributed by atoms with Gasteiger partial charge in [0.25, 0.3) is 0 Å². The van der Waals surface area contributed by atoms with Crippen molar-refractivity contribution in [2.45, 2.75) is 0 Å². The van der Waals surface area contributed by atoms with Crippen LogP contribution in [-0.4, -0.2) is 0 Å². The molecule has 0 heterocycles. The minimum atomic E-state index is 0. The molecule has 23 heavy (non-hydrogen) atoms. The SMILES string of the molecule is Br.C(=Cc1ccccc1-c1ccccc1)c1ccccc1.C=C. The summed E-state index contributed by atoms with van der Waals surface area (Å²) in [4.78, 5) is 0. The fourth-order valence-electron chi connectivity index (χ4n) is 2.27. The van der Waals surface area contributed by atoms with Crippen LogP contribution in [0.3, 0.4) is 0 Å². The van der Waals surface area contributed by atoms with Gasteiger partial charge in [-0.3, -0.25) is 0 Å². The fraction of sp³-hybridized carbons (Fsp3) is 0. The second kappa shape index (κ2) is 10.4. The fourth-order valence-corrected chi connectivity index (χ4v) is 2.27. The Kier molecular flexibility index (Phi) is 8.41. The van der Waals surface area contributed by atoms with Crippen molar-refractivity contribution in [3.8, 4) is 11.1 Å². The Morgan fingerprint density at radius 2 is 1.09 bits per heavy atom. The number of halogens is 1. The number of hydrogen-bond donors (Lipinski definition) is 0. The lowest BCUT2D eigenvalue weighted by Crippen LogP contribution is -1.82. The molecule has 3 rings (SSSR count). The van der Waals surface area contributed by atoms with E-state index < -0.39 is 0 Å². The average Bonchev–Trinajstić information content (AvgIpc) is 2.63. The topological polar surface area (TPSA) is 0 Å². The molecule has 3 aromatic rings. The molecular formula is C22H21Br. The monoisotopic (exact) mass is 364 g/mol. The molecule has 3 aromatic carbocycles. The van der Waals surface area contributed by atoms with Crippen molar-refractivity contribution in [3.63, 3.8) is 0 Å². The summed E-state index contributed by atoms with van der Waals surface area (Å²) in [7, 11) is 0. The highest BCUT2D eigenvalue weighted by molar-refractivity contribution is 8.93. The first-order valence-corrected chi connectivity index (χ1v) is 7.31. The molecule has 0 radical (unpaired) electrons. The van der Waals surface area contributed by atoms with Crippen molar-refractivity contribution in [2.24, 2.45) is 0 Å². The molecule has 0 aliphatic carbocycles. The minimum absolute atomic E-state index is 0. The van der Waals surface area contributed by atoms with Gasteiger partial charge in [-0.15, -0.1) is 30.1 Å². The summed E-state index contributed by atoms with van der Waals surface area (Å²) < 4.78 is 0. The Morgan fingerprint density at radius 3 is 1.74 bits per heavy atom. The Hall–Kier alpha value is -2.38. The van der Waals surface area contributed by atoms with Gasteiger partial charge >= 0.3 is 0 Å². The van der Waals surface area contributed by atoms with Crippen LogP contribution in [0.2, 0.25) is 0 Å². The van der Waals surface area contributed by atoms with E-state index in [-0.39, 0.29) is 17.0 Å². The largest absolute Gasteiger partial charge is 0.114 e. The van der Waals surface area contributed by atoms with Crippen molar-refractivity contribution >= 4 is 29.1 Å². The van der Waals surface area contributed by atoms with Crippen LogP contribution < -0.4 is 0 Å². The summed E-state index contributed by atoms with van der Waals surface area (Å²) in [5.74, 6) is 0. The summed E-state index contributed by atoms with van der Waals surface area (Å²) in [5, 5.41) is 0. The van der Waals surface area contributed by atoms with E-state index >= 15 is 0 Å². The van der Waals surface area contributed by atoms with Gasteiger partial charge in [0.05, 0.1) is 0 Å². The minimum Gasteiger partial charge on any atom is -0.114 e. The van der Waals surface area contributed by atoms with Gasteiger partial charge in [0.15, 0.2) is 0 Å². The predicted molar refractivity (Wildman–Crippen MR) is 109 cm³/mol. The molecule has 0 bridgehead atoms. The van der Waals surface area contributed by atoms with E-state index in [1.165, 1.54) is 22.3 Å². The van der Waals surface area contributed by atoms with Crippen molar-refractivity contribution in [3.05, 3.63) is 109 Å². The Labute approximate surface area is 149 Å². The first-order chi connectivity index (χ1) is 10.9. The Balaban J connectivity index is 0.000000849. The quantitative estimate of drug-likeness (QED) is 0.350. The Morgan fingerprint density at radius 1 is 0.565 bits per heavy atom. The highest BCUT2D eigenvalue weighted by atomic mass is 79.9. The molecule has 0 saturated carbocycles. The molecular weight excluding hydrogens is 344 g/mol. The van der Waals surface area contributed by atoms with Crippen LogP contribution in [0.5, 0.6) is 0 Å². The maximum atomic E-state index is 3.00. The first-order valence-electron chi connectivity index (χ1n) is 7.31. The molecule has 0 nitrogen and oxygen atoms in total. The third-order valence-electron chi connectivity index (χ3n) is 3.30. The molecule has 1 heteroatoms. The van der Waals surface area contributed by atoms with Crippen molar-refractivity contribution in [2.75, 3.05) is 0 Å². The van der Waals surface area contributed by atoms with E-state index in [9.17, 15) is 0 Å². The van der Waals surface area contributed by atoms with E-state index in [1.54, 1.807) is 0 Å². The molecule has 0 atom stereocenters. The normalized spacial score (nSPS) is 9.57. The zero-order valence-corrected chi connectivity index (χ0v) is 14.8. The highest BCUT2D eigenvalue weighted by Crippen LogP contribution is 2.24. The van der Waals surface area contributed by atoms with E-state index in [1.807, 2.05) is 12.1 Å². The maximum Gasteiger partial charge on any atom is -0.0111 e. The van der Waals surface area contributed by atoms with Gasteiger partial charge in [-0.1, -0.05) is 97.1 Å². The third-order valence-corrected chi connectivity index (χ3v) is 3.30. The summed E-state index contributed by atoms with van der Waals surface area (Å²) in [6.07, 6.45) is 4.33. The molecule has 0 fully saturated rings. The smallest absolute Gasteiger partial charge is 0.0111 e. The van der Waals surface area contributed by atoms with Gasteiger partial charge in [-0.05, 0) is 22.3 Å². The summed E-state index contributed by atoms with van der Waals surface area (Å²) >= 11 is 0. The molecule has 0 spiro atoms. The second-order valence-corrected chi connectivity index (χ2v) is 4.70. The molecule has 0 unspecified atom stereocenters. The van der Waals surface area contributed by atoms with Crippen LogP contribution in [0.4, 0.5) is 0 Å². The zero-order chi connectivity index (χ0) is 15.6. The molecule has 0 aliphatic heterocycles. The van der Waals surface area contributed by atoms with Crippen molar-refractivity contribution < 1.29 is 0 Å². The van der Waals surface area contributed by atoms with Gasteiger partial charge in [0.1, 0.15) is 0 Å². The van der Waals surface area contributed by atoms with Gasteiger partial charge in [-0.2, -0.15) is 0 Å². The maximum absolute atomic E-state index is 3.00. The van der Waals surface area contributed by atoms with Crippen LogP contribution in [0.1, 0.15) is 11.1 Å². The van der Waals surface area contributed by atoms with Crippen LogP contribution in [0.25, 0.3) is 23.3 Å². The van der Waals surface area contributed by atoms with Gasteiger partial charge in [0, 0.05) is 0 Å². The lowest BCUT2D eigenvalue weighted by molar-refractivity contribution is 1.59. The predicted octanol–water partition coefficient (Wildman–Crippen LogP) is 6.90. The van der Waals surface area contributed by atoms with Gasteiger partial charge in [0.2, 0.25) is 0 Å². The molecule has 116 valence electrons. The molecule has 0 aliphatic rings. The summed E-state index contributed by atoms with van der Waals surface area (Å²) in [6.45, 7) is 6.00. The summed E-state index contributed by atoms with van der Waals surface area (Å²) in [6, 6.07) is 29.4. The number of hydrogen-bond acceptors (Lipinski definition) is 0. The van der Waals surface area contributed by atoms with E-state index in [0.717, 1.165) is 0 Å². The Bertz CT molecular complexity index is 715. The van der Waals surface area contributed by atoms with Crippen LogP contribution in [-0.2, 0) is 0 Å². The zero-order valence-electron chi connectivity index (χ0n) is 13.1. The van der Waals surface area contributed by atoms with E-state index in [2.05, 4.69) is 98.1 Å². The molecule has 0 amide bonds. The molecule has 0 N–H and O–H groups in total. The summed E-state index contributed by atoms with van der Waals surface area (Å²) in [5.41, 5.74) is 4.97. The van der Waals surface area contributed by atoms with E-state index in [4.69, 9.17) is 0 Å². The van der Waals surface area contributed by atoms with Crippen molar-refractivity contribution in [1.82, 2.24) is 0 Å². The van der Waals surface area contributed by atoms with Gasteiger partial charge < -0.3 is 0 Å². The third kappa shape index (κ3) is 5.39. The molecule has 0 aromatic heterocycles. The highest BCUT2D eigenvalue weighted by Gasteiger charge is 2.00. The van der Waals surface area contributed by atoms with Crippen LogP contribution in [0, 0.1) is 0 Å². The van der Waals surface area contributed by atoms with E-state index in [0.29, 0.717) is 0 Å². The van der Waals surface area contributed by atoms with Crippen LogP contribution >= 0.6 is 17.0 Å².